The Balaban J connectivity index is 2.43. The third kappa shape index (κ3) is 2.27. The molecule has 0 amide bonds. The van der Waals surface area contributed by atoms with Crippen LogP contribution >= 0.6 is 0 Å². The van der Waals surface area contributed by atoms with Crippen molar-refractivity contribution in [3.8, 4) is 0 Å². The van der Waals surface area contributed by atoms with Gasteiger partial charge in [-0.2, -0.15) is 0 Å². The smallest absolute Gasteiger partial charge is 0.157 e. The SMILES string of the molecule is Cc1ccc(F)c(Nc2ncnc(N)c2C=O)c1. The molecule has 2 aromatic rings. The van der Waals surface area contributed by atoms with Crippen molar-refractivity contribution in [2.45, 2.75) is 6.92 Å². The zero-order valence-corrected chi connectivity index (χ0v) is 9.64. The molecule has 0 saturated carbocycles. The van der Waals surface area contributed by atoms with E-state index in [2.05, 4.69) is 15.3 Å². The highest BCUT2D eigenvalue weighted by molar-refractivity contribution is 5.89. The number of aldehydes is 1. The van der Waals surface area contributed by atoms with Crippen LogP contribution in [0.3, 0.4) is 0 Å². The van der Waals surface area contributed by atoms with Crippen LogP contribution in [0.5, 0.6) is 0 Å². The molecule has 0 bridgehead atoms. The number of aryl methyl sites for hydroxylation is 1. The van der Waals surface area contributed by atoms with Crippen molar-refractivity contribution in [1.82, 2.24) is 9.97 Å². The molecule has 1 aromatic heterocycles. The fraction of sp³-hybridized carbons (Fsp3) is 0.0833. The van der Waals surface area contributed by atoms with Crippen LogP contribution in [0.2, 0.25) is 0 Å². The third-order valence-corrected chi connectivity index (χ3v) is 2.41. The number of nitrogens with two attached hydrogens (primary N) is 1. The number of carbonyl (C=O) groups is 1. The summed E-state index contributed by atoms with van der Waals surface area (Å²) in [4.78, 5) is 18.5. The monoisotopic (exact) mass is 246 g/mol. The van der Waals surface area contributed by atoms with Crippen LogP contribution in [0, 0.1) is 12.7 Å². The van der Waals surface area contributed by atoms with Gasteiger partial charge in [0.05, 0.1) is 11.3 Å². The fourth-order valence-electron chi connectivity index (χ4n) is 1.49. The lowest BCUT2D eigenvalue weighted by Gasteiger charge is -2.10. The zero-order valence-electron chi connectivity index (χ0n) is 9.64. The molecule has 0 aliphatic rings. The first-order valence-corrected chi connectivity index (χ1v) is 5.20. The van der Waals surface area contributed by atoms with Gasteiger partial charge in [0.2, 0.25) is 0 Å². The predicted molar refractivity (Wildman–Crippen MR) is 66.3 cm³/mol. The van der Waals surface area contributed by atoms with Gasteiger partial charge < -0.3 is 11.1 Å². The molecule has 0 unspecified atom stereocenters. The molecule has 0 fully saturated rings. The largest absolute Gasteiger partial charge is 0.383 e. The highest BCUT2D eigenvalue weighted by Crippen LogP contribution is 2.23. The molecule has 6 heteroatoms. The second kappa shape index (κ2) is 4.79. The van der Waals surface area contributed by atoms with Crippen LogP contribution in [0.1, 0.15) is 15.9 Å². The molecule has 1 heterocycles. The number of halogens is 1. The average molecular weight is 246 g/mol. The molecule has 0 atom stereocenters. The number of anilines is 3. The van der Waals surface area contributed by atoms with Crippen LogP contribution in [0.4, 0.5) is 21.7 Å². The van der Waals surface area contributed by atoms with Gasteiger partial charge in [-0.05, 0) is 24.6 Å². The van der Waals surface area contributed by atoms with Crippen molar-refractivity contribution < 1.29 is 9.18 Å². The number of hydrogen-bond donors (Lipinski definition) is 2. The molecular weight excluding hydrogens is 235 g/mol. The molecule has 0 radical (unpaired) electrons. The van der Waals surface area contributed by atoms with Gasteiger partial charge in [0.25, 0.3) is 0 Å². The first-order chi connectivity index (χ1) is 8.61. The van der Waals surface area contributed by atoms with Crippen molar-refractivity contribution in [2.75, 3.05) is 11.1 Å². The van der Waals surface area contributed by atoms with Gasteiger partial charge in [0, 0.05) is 0 Å². The highest BCUT2D eigenvalue weighted by Gasteiger charge is 2.10. The van der Waals surface area contributed by atoms with E-state index in [4.69, 9.17) is 5.73 Å². The third-order valence-electron chi connectivity index (χ3n) is 2.41. The van der Waals surface area contributed by atoms with Gasteiger partial charge in [-0.3, -0.25) is 4.79 Å². The Morgan fingerprint density at radius 2 is 2.17 bits per heavy atom. The Labute approximate surface area is 103 Å². The van der Waals surface area contributed by atoms with E-state index in [0.29, 0.717) is 6.29 Å². The van der Waals surface area contributed by atoms with Crippen LogP contribution in [0.15, 0.2) is 24.5 Å². The van der Waals surface area contributed by atoms with Crippen molar-refractivity contribution >= 4 is 23.6 Å². The molecule has 92 valence electrons. The van der Waals surface area contributed by atoms with E-state index >= 15 is 0 Å². The molecule has 2 rings (SSSR count). The molecule has 1 aromatic carbocycles. The van der Waals surface area contributed by atoms with Crippen LogP contribution in [0.25, 0.3) is 0 Å². The molecule has 0 spiro atoms. The van der Waals surface area contributed by atoms with E-state index in [1.54, 1.807) is 12.1 Å². The fourth-order valence-corrected chi connectivity index (χ4v) is 1.49. The molecule has 5 nitrogen and oxygen atoms in total. The topological polar surface area (TPSA) is 80.9 Å². The molecule has 0 aliphatic heterocycles. The van der Waals surface area contributed by atoms with Crippen LogP contribution in [-0.4, -0.2) is 16.3 Å². The Kier molecular flexibility index (Phi) is 3.18. The summed E-state index contributed by atoms with van der Waals surface area (Å²) in [7, 11) is 0. The number of benzene rings is 1. The van der Waals surface area contributed by atoms with E-state index in [1.165, 1.54) is 12.4 Å². The van der Waals surface area contributed by atoms with E-state index in [0.717, 1.165) is 5.56 Å². The Hall–Kier alpha value is -2.50. The average Bonchev–Trinajstić information content (AvgIpc) is 2.34. The lowest BCUT2D eigenvalue weighted by molar-refractivity contribution is 0.112. The van der Waals surface area contributed by atoms with Crippen LogP contribution in [-0.2, 0) is 0 Å². The summed E-state index contributed by atoms with van der Waals surface area (Å²) in [6.07, 6.45) is 1.74. The first kappa shape index (κ1) is 12.0. The van der Waals surface area contributed by atoms with E-state index in [-0.39, 0.29) is 22.9 Å². The maximum absolute atomic E-state index is 13.6. The van der Waals surface area contributed by atoms with Gasteiger partial charge in [0.15, 0.2) is 6.29 Å². The van der Waals surface area contributed by atoms with E-state index < -0.39 is 5.82 Å². The molecule has 18 heavy (non-hydrogen) atoms. The number of hydrogen-bond acceptors (Lipinski definition) is 5. The summed E-state index contributed by atoms with van der Waals surface area (Å²) in [5.41, 5.74) is 6.76. The number of nitrogens with zero attached hydrogens (tertiary/aromatic N) is 2. The zero-order chi connectivity index (χ0) is 13.1. The normalized spacial score (nSPS) is 10.1. The summed E-state index contributed by atoms with van der Waals surface area (Å²) in [6, 6.07) is 4.60. The molecule has 0 saturated heterocycles. The van der Waals surface area contributed by atoms with Crippen molar-refractivity contribution in [3.63, 3.8) is 0 Å². The second-order valence-corrected chi connectivity index (χ2v) is 3.75. The van der Waals surface area contributed by atoms with Crippen molar-refractivity contribution in [1.29, 1.82) is 0 Å². The summed E-state index contributed by atoms with van der Waals surface area (Å²) in [5, 5.41) is 2.74. The number of nitrogen functional groups attached to an aromatic ring is 1. The Morgan fingerprint density at radius 1 is 1.39 bits per heavy atom. The van der Waals surface area contributed by atoms with Crippen molar-refractivity contribution in [3.05, 3.63) is 41.5 Å². The van der Waals surface area contributed by atoms with Crippen LogP contribution < -0.4 is 11.1 Å². The van der Waals surface area contributed by atoms with Gasteiger partial charge in [-0.1, -0.05) is 6.07 Å². The quantitative estimate of drug-likeness (QED) is 0.810. The van der Waals surface area contributed by atoms with Gasteiger partial charge >= 0.3 is 0 Å². The highest BCUT2D eigenvalue weighted by atomic mass is 19.1. The molecular formula is C12H11FN4O. The van der Waals surface area contributed by atoms with E-state index in [9.17, 15) is 9.18 Å². The Morgan fingerprint density at radius 3 is 2.89 bits per heavy atom. The number of carbonyl (C=O) groups excluding carboxylic acids is 1. The minimum atomic E-state index is -0.436. The van der Waals surface area contributed by atoms with Gasteiger partial charge in [-0.15, -0.1) is 0 Å². The van der Waals surface area contributed by atoms with E-state index in [1.807, 2.05) is 6.92 Å². The number of rotatable bonds is 3. The van der Waals surface area contributed by atoms with Crippen molar-refractivity contribution in [2.24, 2.45) is 0 Å². The summed E-state index contributed by atoms with van der Waals surface area (Å²) < 4.78 is 13.6. The standard InChI is InChI=1S/C12H11FN4O/c1-7-2-3-9(13)10(4-7)17-12-8(5-18)11(14)15-6-16-12/h2-6H,1H3,(H3,14,15,16,17). The Bertz CT molecular complexity index is 601. The molecule has 3 N–H and O–H groups in total. The molecule has 0 aliphatic carbocycles. The summed E-state index contributed by atoms with van der Waals surface area (Å²) in [6.45, 7) is 1.83. The maximum Gasteiger partial charge on any atom is 0.157 e. The minimum absolute atomic E-state index is 0.0514. The first-order valence-electron chi connectivity index (χ1n) is 5.20. The predicted octanol–water partition coefficient (Wildman–Crippen LogP) is 2.06. The lowest BCUT2D eigenvalue weighted by atomic mass is 10.2. The summed E-state index contributed by atoms with van der Waals surface area (Å²) in [5.74, 6) is -0.202. The minimum Gasteiger partial charge on any atom is -0.383 e. The number of aromatic nitrogens is 2. The maximum atomic E-state index is 13.6. The lowest BCUT2D eigenvalue weighted by Crippen LogP contribution is -2.05. The number of nitrogens with one attached hydrogen (secondary N) is 1. The summed E-state index contributed by atoms with van der Waals surface area (Å²) >= 11 is 0. The van der Waals surface area contributed by atoms with Gasteiger partial charge in [-0.25, -0.2) is 14.4 Å². The second-order valence-electron chi connectivity index (χ2n) is 3.75. The van der Waals surface area contributed by atoms with Gasteiger partial charge in [0.1, 0.15) is 23.8 Å².